The summed E-state index contributed by atoms with van der Waals surface area (Å²) < 4.78 is 9.60. The van der Waals surface area contributed by atoms with Gasteiger partial charge in [0.05, 0.1) is 0 Å². The molecule has 0 saturated carbocycles. The van der Waals surface area contributed by atoms with Crippen molar-refractivity contribution in [2.75, 3.05) is 7.11 Å². The minimum atomic E-state index is -1.06. The minimum absolute atomic E-state index is 0.0583. The Morgan fingerprint density at radius 3 is 2.54 bits per heavy atom. The number of carboxylic acid groups (broad SMARTS) is 1. The second kappa shape index (κ2) is 6.25. The molecule has 0 atom stereocenters. The number of methoxy groups -OCH3 is 1. The van der Waals surface area contributed by atoms with E-state index in [0.717, 1.165) is 0 Å². The van der Waals surface area contributed by atoms with E-state index in [1.807, 2.05) is 13.8 Å². The molecule has 0 amide bonds. The Morgan fingerprint density at radius 1 is 1.54 bits per heavy atom. The van der Waals surface area contributed by atoms with E-state index in [2.05, 4.69) is 0 Å². The fourth-order valence-electron chi connectivity index (χ4n) is 0.713. The second-order valence-electron chi connectivity index (χ2n) is 2.00. The zero-order valence-corrected chi connectivity index (χ0v) is 8.03. The molecule has 0 unspecified atom stereocenters. The van der Waals surface area contributed by atoms with Crippen LogP contribution in [0.5, 0.6) is 0 Å². The first-order valence-corrected chi connectivity index (χ1v) is 4.05. The normalized spacial score (nSPS) is 8.85. The predicted octanol–water partition coefficient (Wildman–Crippen LogP) is 2.15. The lowest BCUT2D eigenvalue weighted by atomic mass is 10.4. The third kappa shape index (κ3) is 3.75. The van der Waals surface area contributed by atoms with Gasteiger partial charge in [-0.05, 0) is 12.1 Å². The molecule has 0 fully saturated rings. The molecule has 0 radical (unpaired) electrons. The van der Waals surface area contributed by atoms with Gasteiger partial charge in [-0.1, -0.05) is 13.8 Å². The van der Waals surface area contributed by atoms with E-state index in [0.29, 0.717) is 12.4 Å². The summed E-state index contributed by atoms with van der Waals surface area (Å²) in [4.78, 5) is 10.3. The van der Waals surface area contributed by atoms with E-state index in [1.165, 1.54) is 13.2 Å². The Morgan fingerprint density at radius 2 is 2.15 bits per heavy atom. The van der Waals surface area contributed by atoms with Crippen LogP contribution in [0.25, 0.3) is 0 Å². The minimum Gasteiger partial charge on any atom is -0.475 e. The van der Waals surface area contributed by atoms with Gasteiger partial charge in [-0.25, -0.2) is 4.79 Å². The number of carboxylic acids is 1. The van der Waals surface area contributed by atoms with Gasteiger partial charge in [-0.2, -0.15) is 0 Å². The largest absolute Gasteiger partial charge is 0.475 e. The van der Waals surface area contributed by atoms with E-state index >= 15 is 0 Å². The highest BCUT2D eigenvalue weighted by molar-refractivity contribution is 5.84. The average Bonchev–Trinajstić information content (AvgIpc) is 2.57. The molecule has 0 bridgehead atoms. The van der Waals surface area contributed by atoms with Crippen molar-refractivity contribution < 1.29 is 19.1 Å². The molecule has 4 nitrogen and oxygen atoms in total. The number of carbonyl (C=O) groups is 1. The summed E-state index contributed by atoms with van der Waals surface area (Å²) in [7, 11) is 1.52. The van der Waals surface area contributed by atoms with Crippen molar-refractivity contribution in [1.82, 2.24) is 0 Å². The monoisotopic (exact) mass is 186 g/mol. The molecule has 0 saturated heterocycles. The molecule has 74 valence electrons. The van der Waals surface area contributed by atoms with Crippen molar-refractivity contribution in [3.63, 3.8) is 0 Å². The van der Waals surface area contributed by atoms with Gasteiger partial charge in [-0.3, -0.25) is 0 Å². The van der Waals surface area contributed by atoms with Gasteiger partial charge < -0.3 is 14.3 Å². The van der Waals surface area contributed by atoms with Crippen LogP contribution in [0, 0.1) is 0 Å². The molecule has 13 heavy (non-hydrogen) atoms. The number of aromatic carboxylic acids is 1. The van der Waals surface area contributed by atoms with Crippen LogP contribution < -0.4 is 0 Å². The molecule has 4 heteroatoms. The molecule has 1 N–H and O–H groups in total. The Labute approximate surface area is 77.1 Å². The maximum absolute atomic E-state index is 10.3. The summed E-state index contributed by atoms with van der Waals surface area (Å²) >= 11 is 0. The third-order valence-electron chi connectivity index (χ3n) is 1.16. The SMILES string of the molecule is CC.COCc1ccc(C(=O)O)o1. The van der Waals surface area contributed by atoms with Crippen LogP contribution in [0.2, 0.25) is 0 Å². The quantitative estimate of drug-likeness (QED) is 0.785. The van der Waals surface area contributed by atoms with Crippen LogP contribution in [0.4, 0.5) is 0 Å². The summed E-state index contributed by atoms with van der Waals surface area (Å²) in [6.45, 7) is 4.30. The fourth-order valence-corrected chi connectivity index (χ4v) is 0.713. The fraction of sp³-hybridized carbons (Fsp3) is 0.444. The number of hydrogen-bond donors (Lipinski definition) is 1. The first kappa shape index (κ1) is 11.7. The summed E-state index contributed by atoms with van der Waals surface area (Å²) in [6.07, 6.45) is 0. The van der Waals surface area contributed by atoms with E-state index in [1.54, 1.807) is 6.07 Å². The maximum atomic E-state index is 10.3. The molecular weight excluding hydrogens is 172 g/mol. The Kier molecular flexibility index (Phi) is 5.63. The second-order valence-corrected chi connectivity index (χ2v) is 2.00. The van der Waals surface area contributed by atoms with Gasteiger partial charge in [0.25, 0.3) is 0 Å². The van der Waals surface area contributed by atoms with Gasteiger partial charge >= 0.3 is 5.97 Å². The van der Waals surface area contributed by atoms with Gasteiger partial charge in [0.1, 0.15) is 12.4 Å². The van der Waals surface area contributed by atoms with Crippen molar-refractivity contribution in [1.29, 1.82) is 0 Å². The molecule has 0 aliphatic carbocycles. The molecular formula is C9H14O4. The number of hydrogen-bond acceptors (Lipinski definition) is 3. The molecule has 0 aliphatic heterocycles. The highest BCUT2D eigenvalue weighted by Gasteiger charge is 2.07. The first-order valence-electron chi connectivity index (χ1n) is 4.05. The highest BCUT2D eigenvalue weighted by Crippen LogP contribution is 2.07. The molecule has 0 spiro atoms. The molecule has 0 aromatic carbocycles. The molecule has 1 aromatic rings. The van der Waals surface area contributed by atoms with Crippen LogP contribution in [0.1, 0.15) is 30.2 Å². The summed E-state index contributed by atoms with van der Waals surface area (Å²) in [5, 5.41) is 8.43. The maximum Gasteiger partial charge on any atom is 0.371 e. The van der Waals surface area contributed by atoms with E-state index < -0.39 is 5.97 Å². The van der Waals surface area contributed by atoms with Crippen LogP contribution in [0.15, 0.2) is 16.5 Å². The molecule has 1 rings (SSSR count). The molecule has 0 aliphatic rings. The van der Waals surface area contributed by atoms with Crippen molar-refractivity contribution in [2.45, 2.75) is 20.5 Å². The van der Waals surface area contributed by atoms with E-state index in [4.69, 9.17) is 14.3 Å². The lowest BCUT2D eigenvalue weighted by molar-refractivity contribution is 0.0654. The summed E-state index contributed by atoms with van der Waals surface area (Å²) in [5.41, 5.74) is 0. The zero-order chi connectivity index (χ0) is 10.3. The van der Waals surface area contributed by atoms with Crippen molar-refractivity contribution in [2.24, 2.45) is 0 Å². The standard InChI is InChI=1S/C7H8O4.C2H6/c1-10-4-5-2-3-6(11-5)7(8)9;1-2/h2-3H,4H2,1H3,(H,8,9);1-2H3. The average molecular weight is 186 g/mol. The number of rotatable bonds is 3. The number of ether oxygens (including phenoxy) is 1. The Hall–Kier alpha value is -1.29. The van der Waals surface area contributed by atoms with Gasteiger partial charge in [0.2, 0.25) is 5.76 Å². The Bertz CT molecular complexity index is 252. The lowest BCUT2D eigenvalue weighted by Crippen LogP contribution is -1.92. The predicted molar refractivity (Wildman–Crippen MR) is 47.7 cm³/mol. The van der Waals surface area contributed by atoms with Crippen LogP contribution in [-0.2, 0) is 11.3 Å². The zero-order valence-electron chi connectivity index (χ0n) is 8.03. The van der Waals surface area contributed by atoms with Crippen molar-refractivity contribution in [3.8, 4) is 0 Å². The number of furan rings is 1. The van der Waals surface area contributed by atoms with Crippen LogP contribution in [-0.4, -0.2) is 18.2 Å². The van der Waals surface area contributed by atoms with Gasteiger partial charge in [0.15, 0.2) is 0 Å². The summed E-state index contributed by atoms with van der Waals surface area (Å²) in [5.74, 6) is -0.602. The first-order chi connectivity index (χ1) is 6.24. The lowest BCUT2D eigenvalue weighted by Gasteiger charge is -1.90. The van der Waals surface area contributed by atoms with Gasteiger partial charge in [0, 0.05) is 7.11 Å². The van der Waals surface area contributed by atoms with Crippen molar-refractivity contribution >= 4 is 5.97 Å². The smallest absolute Gasteiger partial charge is 0.371 e. The molecule has 1 heterocycles. The van der Waals surface area contributed by atoms with E-state index in [-0.39, 0.29) is 5.76 Å². The third-order valence-corrected chi connectivity index (χ3v) is 1.16. The topological polar surface area (TPSA) is 59.7 Å². The van der Waals surface area contributed by atoms with Gasteiger partial charge in [-0.15, -0.1) is 0 Å². The van der Waals surface area contributed by atoms with Crippen LogP contribution >= 0.6 is 0 Å². The van der Waals surface area contributed by atoms with E-state index in [9.17, 15) is 4.79 Å². The highest BCUT2D eigenvalue weighted by atomic mass is 16.5. The Balaban J connectivity index is 0.000000671. The summed E-state index contributed by atoms with van der Waals surface area (Å²) in [6, 6.07) is 2.98. The molecule has 1 aromatic heterocycles. The van der Waals surface area contributed by atoms with Crippen LogP contribution in [0.3, 0.4) is 0 Å². The van der Waals surface area contributed by atoms with Crippen molar-refractivity contribution in [3.05, 3.63) is 23.7 Å².